The maximum absolute atomic E-state index is 14.7. The van der Waals surface area contributed by atoms with Crippen LogP contribution in [0.1, 0.15) is 57.8 Å². The van der Waals surface area contributed by atoms with Crippen molar-refractivity contribution in [3.63, 3.8) is 0 Å². The number of aromatic nitrogens is 2. The van der Waals surface area contributed by atoms with Gasteiger partial charge in [0.15, 0.2) is 11.4 Å². The Balaban J connectivity index is 1.32. The van der Waals surface area contributed by atoms with Gasteiger partial charge in [-0.1, -0.05) is 67.6 Å². The summed E-state index contributed by atoms with van der Waals surface area (Å²) in [5.74, 6) is -2.24. The molecule has 7 rings (SSSR count). The third kappa shape index (κ3) is 4.96. The van der Waals surface area contributed by atoms with E-state index in [9.17, 15) is 19.8 Å². The first-order valence-corrected chi connectivity index (χ1v) is 16.1. The van der Waals surface area contributed by atoms with Gasteiger partial charge in [0.05, 0.1) is 17.8 Å². The molecule has 3 aliphatic carbocycles. The zero-order valence-electron chi connectivity index (χ0n) is 27.3. The molecule has 4 atom stereocenters. The number of Topliss-reactive ketones (excluding diaryl/α,β-unsaturated/α-hetero) is 2. The second kappa shape index (κ2) is 12.2. The first-order chi connectivity index (χ1) is 23.1. The highest BCUT2D eigenvalue weighted by molar-refractivity contribution is 6.26. The molecule has 0 aliphatic heterocycles. The molecule has 2 aromatic heterocycles. The highest BCUT2D eigenvalue weighted by Gasteiger charge is 2.65. The van der Waals surface area contributed by atoms with Crippen LogP contribution in [0.15, 0.2) is 77.0 Å². The van der Waals surface area contributed by atoms with Gasteiger partial charge in [0.25, 0.3) is 5.88 Å². The van der Waals surface area contributed by atoms with Gasteiger partial charge >= 0.3 is 0 Å². The van der Waals surface area contributed by atoms with Gasteiger partial charge in [0.1, 0.15) is 36.1 Å². The molecule has 0 bridgehead atoms. The summed E-state index contributed by atoms with van der Waals surface area (Å²) in [5.41, 5.74) is 0.314. The molecule has 3 aliphatic rings. The number of hydrogen-bond acceptors (Lipinski definition) is 11. The standard InChI is InChI=1S/C37H38N4O7/c1-5-41(4)30-25-17-23-16-24-28(26(18-38-35(24)40(2)3)46-19-21-12-8-6-9-13-21)31(42)27(23)33(43)37(25,45)34(44)29-32(30)48-39-36(29)47-20-22-14-10-7-11-15-22/h6-15,18,23,25,30,42,45H,5,16-17,19-20H2,1-4H3/t23-,25-,30-,37-/m0/s1. The lowest BCUT2D eigenvalue weighted by molar-refractivity contribution is -0.143. The second-order valence-electron chi connectivity index (χ2n) is 12.9. The normalized spacial score (nSPS) is 22.9. The van der Waals surface area contributed by atoms with Crippen molar-refractivity contribution in [1.82, 2.24) is 15.0 Å². The maximum atomic E-state index is 14.7. The van der Waals surface area contributed by atoms with Crippen LogP contribution in [-0.4, -0.2) is 70.1 Å². The molecule has 1 saturated carbocycles. The minimum Gasteiger partial charge on any atom is -0.507 e. The number of rotatable bonds is 9. The van der Waals surface area contributed by atoms with E-state index in [1.54, 1.807) is 0 Å². The monoisotopic (exact) mass is 650 g/mol. The minimum atomic E-state index is -2.49. The Kier molecular flexibility index (Phi) is 8.04. The topological polar surface area (TPSA) is 138 Å². The van der Waals surface area contributed by atoms with E-state index in [4.69, 9.17) is 14.0 Å². The number of carbonyl (C=O) groups is 2. The Morgan fingerprint density at radius 1 is 0.938 bits per heavy atom. The van der Waals surface area contributed by atoms with Crippen LogP contribution in [0.5, 0.6) is 11.6 Å². The second-order valence-corrected chi connectivity index (χ2v) is 12.9. The lowest BCUT2D eigenvalue weighted by atomic mass is 9.57. The fourth-order valence-electron chi connectivity index (χ4n) is 7.46. The number of hydrogen-bond donors (Lipinski definition) is 2. The predicted molar refractivity (Wildman–Crippen MR) is 177 cm³/mol. The van der Waals surface area contributed by atoms with Crippen LogP contribution in [0.3, 0.4) is 0 Å². The highest BCUT2D eigenvalue weighted by Crippen LogP contribution is 2.56. The maximum Gasteiger partial charge on any atom is 0.265 e. The lowest BCUT2D eigenvalue weighted by Crippen LogP contribution is -2.63. The third-order valence-electron chi connectivity index (χ3n) is 9.90. The van der Waals surface area contributed by atoms with Gasteiger partial charge in [-0.05, 0) is 48.6 Å². The molecule has 11 nitrogen and oxygen atoms in total. The van der Waals surface area contributed by atoms with Crippen molar-refractivity contribution in [2.75, 3.05) is 32.6 Å². The Labute approximate surface area is 278 Å². The van der Waals surface area contributed by atoms with Gasteiger partial charge in [0.2, 0.25) is 11.6 Å². The summed E-state index contributed by atoms with van der Waals surface area (Å²) in [6.07, 6.45) is 2.11. The molecule has 2 aromatic carbocycles. The fourth-order valence-corrected chi connectivity index (χ4v) is 7.46. The van der Waals surface area contributed by atoms with Gasteiger partial charge < -0.3 is 29.1 Å². The summed E-state index contributed by atoms with van der Waals surface area (Å²) in [5, 5.41) is 28.5. The average molecular weight is 651 g/mol. The van der Waals surface area contributed by atoms with Gasteiger partial charge in [-0.3, -0.25) is 14.5 Å². The number of anilines is 1. The molecular formula is C37H38N4O7. The Morgan fingerprint density at radius 2 is 1.58 bits per heavy atom. The van der Waals surface area contributed by atoms with Crippen molar-refractivity contribution in [1.29, 1.82) is 0 Å². The van der Waals surface area contributed by atoms with Crippen molar-refractivity contribution >= 4 is 23.1 Å². The first-order valence-electron chi connectivity index (χ1n) is 16.1. The Bertz CT molecular complexity index is 1910. The molecule has 11 heteroatoms. The van der Waals surface area contributed by atoms with Gasteiger partial charge in [-0.15, -0.1) is 0 Å². The van der Waals surface area contributed by atoms with Gasteiger partial charge in [-0.25, -0.2) is 4.98 Å². The summed E-state index contributed by atoms with van der Waals surface area (Å²) in [6, 6.07) is 18.3. The van der Waals surface area contributed by atoms with E-state index in [1.165, 1.54) is 6.20 Å². The summed E-state index contributed by atoms with van der Waals surface area (Å²) in [4.78, 5) is 37.5. The van der Waals surface area contributed by atoms with Crippen LogP contribution in [0.2, 0.25) is 0 Å². The van der Waals surface area contributed by atoms with Crippen LogP contribution >= 0.6 is 0 Å². The number of pyridine rings is 1. The number of nitrogens with zero attached hydrogens (tertiary/aromatic N) is 4. The molecule has 48 heavy (non-hydrogen) atoms. The molecule has 2 N–H and O–H groups in total. The van der Waals surface area contributed by atoms with Crippen molar-refractivity contribution in [2.45, 2.75) is 44.6 Å². The summed E-state index contributed by atoms with van der Waals surface area (Å²) in [6.45, 7) is 2.81. The molecule has 2 heterocycles. The molecule has 0 saturated heterocycles. The fraction of sp³-hybridized carbons (Fsp3) is 0.351. The number of benzene rings is 2. The molecular weight excluding hydrogens is 612 g/mol. The van der Waals surface area contributed by atoms with E-state index in [-0.39, 0.29) is 48.2 Å². The largest absolute Gasteiger partial charge is 0.507 e. The van der Waals surface area contributed by atoms with E-state index in [1.807, 2.05) is 98.5 Å². The van der Waals surface area contributed by atoms with Crippen molar-refractivity contribution in [3.05, 3.63) is 106 Å². The summed E-state index contributed by atoms with van der Waals surface area (Å²) in [7, 11) is 5.58. The minimum absolute atomic E-state index is 0.0135. The van der Waals surface area contributed by atoms with Crippen LogP contribution in [0.25, 0.3) is 5.76 Å². The third-order valence-corrected chi connectivity index (χ3v) is 9.90. The van der Waals surface area contributed by atoms with Crippen LogP contribution in [-0.2, 0) is 24.4 Å². The molecule has 1 fully saturated rings. The van der Waals surface area contributed by atoms with Gasteiger partial charge in [0, 0.05) is 31.1 Å². The van der Waals surface area contributed by atoms with E-state index >= 15 is 0 Å². The SMILES string of the molecule is CCN(C)[C@@H]1c2onc(OCc3ccccc3)c2C(=O)[C@@]2(O)C(=O)C3=C(O)c4c(OCc5ccccc5)cnc(N(C)C)c4C[C@H]3C[C@@H]12. The number of carbonyl (C=O) groups excluding carboxylic acids is 2. The molecule has 4 aromatic rings. The zero-order chi connectivity index (χ0) is 33.7. The summed E-state index contributed by atoms with van der Waals surface area (Å²) < 4.78 is 17.9. The molecule has 248 valence electrons. The van der Waals surface area contributed by atoms with Crippen LogP contribution in [0.4, 0.5) is 5.82 Å². The van der Waals surface area contributed by atoms with Crippen LogP contribution < -0.4 is 14.4 Å². The highest BCUT2D eigenvalue weighted by atomic mass is 16.5. The Morgan fingerprint density at radius 3 is 2.21 bits per heavy atom. The molecule has 0 amide bonds. The van der Waals surface area contributed by atoms with E-state index in [0.29, 0.717) is 30.1 Å². The molecule has 0 spiro atoms. The number of ketones is 2. The lowest BCUT2D eigenvalue weighted by Gasteiger charge is -2.49. The number of fused-ring (bicyclic) bond motifs is 4. The van der Waals surface area contributed by atoms with E-state index < -0.39 is 35.0 Å². The number of ether oxygens (including phenoxy) is 2. The zero-order valence-corrected chi connectivity index (χ0v) is 27.3. The quantitative estimate of drug-likeness (QED) is 0.238. The van der Waals surface area contributed by atoms with Gasteiger partial charge in [-0.2, -0.15) is 0 Å². The van der Waals surface area contributed by atoms with Crippen LogP contribution in [0, 0.1) is 11.8 Å². The van der Waals surface area contributed by atoms with E-state index in [0.717, 1.165) is 16.7 Å². The van der Waals surface area contributed by atoms with E-state index in [2.05, 4.69) is 10.1 Å². The van der Waals surface area contributed by atoms with Crippen molar-refractivity contribution < 1.29 is 33.8 Å². The molecule has 0 unspecified atom stereocenters. The average Bonchev–Trinajstić information content (AvgIpc) is 3.52. The number of aliphatic hydroxyl groups is 2. The Hall–Kier alpha value is -5.00. The smallest absolute Gasteiger partial charge is 0.265 e. The summed E-state index contributed by atoms with van der Waals surface area (Å²) >= 11 is 0. The van der Waals surface area contributed by atoms with Crippen molar-refractivity contribution in [2.24, 2.45) is 11.8 Å². The number of aliphatic hydroxyl groups excluding tert-OH is 1. The molecule has 0 radical (unpaired) electrons. The first kappa shape index (κ1) is 31.6. The predicted octanol–water partition coefficient (Wildman–Crippen LogP) is 4.94. The van der Waals surface area contributed by atoms with Crippen molar-refractivity contribution in [3.8, 4) is 11.6 Å².